The normalized spacial score (nSPS) is 15.5. The quantitative estimate of drug-likeness (QED) is 0.757. The maximum atomic E-state index is 12.1. The minimum atomic E-state index is -0.195. The van der Waals surface area contributed by atoms with Gasteiger partial charge in [-0.2, -0.15) is 0 Å². The van der Waals surface area contributed by atoms with E-state index in [1.807, 2.05) is 19.1 Å². The molecule has 6 nitrogen and oxygen atoms in total. The van der Waals surface area contributed by atoms with Gasteiger partial charge in [-0.3, -0.25) is 9.59 Å². The van der Waals surface area contributed by atoms with Gasteiger partial charge in [0.25, 0.3) is 0 Å². The molecule has 0 unspecified atom stereocenters. The van der Waals surface area contributed by atoms with Crippen LogP contribution in [0.25, 0.3) is 0 Å². The molecular weight excluding hydrogens is 320 g/mol. The lowest BCUT2D eigenvalue weighted by Crippen LogP contribution is -2.34. The van der Waals surface area contributed by atoms with Gasteiger partial charge in [0.15, 0.2) is 0 Å². The summed E-state index contributed by atoms with van der Waals surface area (Å²) in [5, 5.41) is 5.81. The smallest absolute Gasteiger partial charge is 0.223 e. The van der Waals surface area contributed by atoms with E-state index in [-0.39, 0.29) is 30.2 Å². The monoisotopic (exact) mass is 348 g/mol. The number of amides is 2. The predicted octanol–water partition coefficient (Wildman–Crippen LogP) is 2.58. The molecule has 138 valence electrons. The summed E-state index contributed by atoms with van der Waals surface area (Å²) in [7, 11) is 3.19. The molecule has 1 fully saturated rings. The number of hydrogen-bond acceptors (Lipinski definition) is 4. The van der Waals surface area contributed by atoms with Crippen molar-refractivity contribution in [1.82, 2.24) is 10.6 Å². The van der Waals surface area contributed by atoms with Crippen LogP contribution in [0.3, 0.4) is 0 Å². The summed E-state index contributed by atoms with van der Waals surface area (Å²) < 4.78 is 10.6. The molecule has 1 saturated carbocycles. The van der Waals surface area contributed by atoms with E-state index in [4.69, 9.17) is 9.47 Å². The van der Waals surface area contributed by atoms with Gasteiger partial charge in [-0.15, -0.1) is 0 Å². The van der Waals surface area contributed by atoms with Gasteiger partial charge in [0.2, 0.25) is 11.8 Å². The fraction of sp³-hybridized carbons (Fsp3) is 0.579. The second-order valence-corrected chi connectivity index (χ2v) is 6.42. The number of ether oxygens (including phenoxy) is 2. The first-order chi connectivity index (χ1) is 12.0. The van der Waals surface area contributed by atoms with E-state index in [2.05, 4.69) is 10.6 Å². The molecule has 2 N–H and O–H groups in total. The standard InChI is InChI=1S/C19H28N2O4/c1-13(16-9-8-15(24-2)12-17(16)25-3)21-18(22)10-11-20-19(23)14-6-4-5-7-14/h8-9,12-14H,4-7,10-11H2,1-3H3,(H,20,23)(H,21,22)/t13-/m1/s1. The summed E-state index contributed by atoms with van der Waals surface area (Å²) in [5.41, 5.74) is 0.881. The van der Waals surface area contributed by atoms with Crippen LogP contribution < -0.4 is 20.1 Å². The number of rotatable bonds is 8. The van der Waals surface area contributed by atoms with Crippen molar-refractivity contribution < 1.29 is 19.1 Å². The zero-order valence-electron chi connectivity index (χ0n) is 15.3. The van der Waals surface area contributed by atoms with Crippen LogP contribution in [0, 0.1) is 5.92 Å². The Balaban J connectivity index is 1.80. The van der Waals surface area contributed by atoms with Crippen LogP contribution in [0.1, 0.15) is 50.6 Å². The number of carbonyl (C=O) groups excluding carboxylic acids is 2. The third-order valence-electron chi connectivity index (χ3n) is 4.66. The highest BCUT2D eigenvalue weighted by molar-refractivity contribution is 5.80. The molecule has 0 spiro atoms. The van der Waals surface area contributed by atoms with Crippen molar-refractivity contribution in [2.24, 2.45) is 5.92 Å². The zero-order valence-corrected chi connectivity index (χ0v) is 15.3. The van der Waals surface area contributed by atoms with E-state index in [0.717, 1.165) is 31.2 Å². The maximum absolute atomic E-state index is 12.1. The van der Waals surface area contributed by atoms with Crippen LogP contribution >= 0.6 is 0 Å². The molecule has 1 aromatic rings. The van der Waals surface area contributed by atoms with Crippen molar-refractivity contribution in [3.63, 3.8) is 0 Å². The Bertz CT molecular complexity index is 597. The Labute approximate surface area is 149 Å². The summed E-state index contributed by atoms with van der Waals surface area (Å²) in [6.45, 7) is 2.27. The summed E-state index contributed by atoms with van der Waals surface area (Å²) in [6, 6.07) is 5.31. The van der Waals surface area contributed by atoms with Crippen molar-refractivity contribution in [2.45, 2.75) is 45.1 Å². The van der Waals surface area contributed by atoms with Crippen molar-refractivity contribution in [2.75, 3.05) is 20.8 Å². The predicted molar refractivity (Wildman–Crippen MR) is 95.7 cm³/mol. The summed E-state index contributed by atoms with van der Waals surface area (Å²) in [5.74, 6) is 1.48. The van der Waals surface area contributed by atoms with Crippen LogP contribution in [0.15, 0.2) is 18.2 Å². The Morgan fingerprint density at radius 3 is 2.56 bits per heavy atom. The Morgan fingerprint density at radius 2 is 1.92 bits per heavy atom. The fourth-order valence-electron chi connectivity index (χ4n) is 3.20. The van der Waals surface area contributed by atoms with Crippen molar-refractivity contribution in [1.29, 1.82) is 0 Å². The van der Waals surface area contributed by atoms with Crippen LogP contribution in [0.2, 0.25) is 0 Å². The lowest BCUT2D eigenvalue weighted by atomic mass is 10.1. The van der Waals surface area contributed by atoms with E-state index < -0.39 is 0 Å². The molecular formula is C19H28N2O4. The zero-order chi connectivity index (χ0) is 18.2. The minimum absolute atomic E-state index is 0.0789. The molecule has 1 aromatic carbocycles. The molecule has 0 aliphatic heterocycles. The first-order valence-electron chi connectivity index (χ1n) is 8.84. The molecule has 0 saturated heterocycles. The van der Waals surface area contributed by atoms with Gasteiger partial charge in [-0.25, -0.2) is 0 Å². The Morgan fingerprint density at radius 1 is 1.20 bits per heavy atom. The lowest BCUT2D eigenvalue weighted by molar-refractivity contribution is -0.125. The van der Waals surface area contributed by atoms with Gasteiger partial charge in [-0.1, -0.05) is 12.8 Å². The molecule has 2 amide bonds. The lowest BCUT2D eigenvalue weighted by Gasteiger charge is -2.18. The molecule has 1 atom stereocenters. The number of hydrogen-bond donors (Lipinski definition) is 2. The van der Waals surface area contributed by atoms with E-state index in [1.54, 1.807) is 20.3 Å². The van der Waals surface area contributed by atoms with Gasteiger partial charge in [0.05, 0.1) is 20.3 Å². The third-order valence-corrected chi connectivity index (χ3v) is 4.66. The average molecular weight is 348 g/mol. The second kappa shape index (κ2) is 9.30. The van der Waals surface area contributed by atoms with Crippen LogP contribution in [0.5, 0.6) is 11.5 Å². The fourth-order valence-corrected chi connectivity index (χ4v) is 3.20. The van der Waals surface area contributed by atoms with Crippen molar-refractivity contribution in [3.05, 3.63) is 23.8 Å². The molecule has 0 radical (unpaired) electrons. The van der Waals surface area contributed by atoms with Gasteiger partial charge in [0.1, 0.15) is 11.5 Å². The van der Waals surface area contributed by atoms with E-state index in [1.165, 1.54) is 0 Å². The number of carbonyl (C=O) groups is 2. The SMILES string of the molecule is COc1ccc([C@@H](C)NC(=O)CCNC(=O)C2CCCC2)c(OC)c1. The third kappa shape index (κ3) is 5.37. The molecule has 0 bridgehead atoms. The van der Waals surface area contributed by atoms with Crippen LogP contribution in [0.4, 0.5) is 0 Å². The molecule has 1 aliphatic rings. The van der Waals surface area contributed by atoms with E-state index >= 15 is 0 Å². The maximum Gasteiger partial charge on any atom is 0.223 e. The van der Waals surface area contributed by atoms with Crippen molar-refractivity contribution >= 4 is 11.8 Å². The molecule has 25 heavy (non-hydrogen) atoms. The summed E-state index contributed by atoms with van der Waals surface area (Å²) >= 11 is 0. The Hall–Kier alpha value is -2.24. The van der Waals surface area contributed by atoms with Gasteiger partial charge >= 0.3 is 0 Å². The van der Waals surface area contributed by atoms with Crippen molar-refractivity contribution in [3.8, 4) is 11.5 Å². The van der Waals surface area contributed by atoms with Gasteiger partial charge in [0, 0.05) is 30.5 Å². The minimum Gasteiger partial charge on any atom is -0.497 e. The molecule has 0 heterocycles. The average Bonchev–Trinajstić information content (AvgIpc) is 3.15. The Kier molecular flexibility index (Phi) is 7.10. The second-order valence-electron chi connectivity index (χ2n) is 6.42. The van der Waals surface area contributed by atoms with Crippen LogP contribution in [-0.4, -0.2) is 32.6 Å². The molecule has 6 heteroatoms. The highest BCUT2D eigenvalue weighted by Gasteiger charge is 2.22. The molecule has 2 rings (SSSR count). The van der Waals surface area contributed by atoms with Gasteiger partial charge in [-0.05, 0) is 31.9 Å². The topological polar surface area (TPSA) is 76.7 Å². The first-order valence-corrected chi connectivity index (χ1v) is 8.84. The highest BCUT2D eigenvalue weighted by atomic mass is 16.5. The largest absolute Gasteiger partial charge is 0.497 e. The summed E-state index contributed by atoms with van der Waals surface area (Å²) in [6.07, 6.45) is 4.44. The first kappa shape index (κ1) is 19.1. The van der Waals surface area contributed by atoms with Gasteiger partial charge < -0.3 is 20.1 Å². The number of methoxy groups -OCH3 is 2. The number of nitrogens with one attached hydrogen (secondary N) is 2. The summed E-state index contributed by atoms with van der Waals surface area (Å²) in [4.78, 5) is 24.1. The van der Waals surface area contributed by atoms with E-state index in [9.17, 15) is 9.59 Å². The molecule has 0 aromatic heterocycles. The van der Waals surface area contributed by atoms with Crippen LogP contribution in [-0.2, 0) is 9.59 Å². The highest BCUT2D eigenvalue weighted by Crippen LogP contribution is 2.29. The van der Waals surface area contributed by atoms with E-state index in [0.29, 0.717) is 18.0 Å². The number of benzene rings is 1. The molecule has 1 aliphatic carbocycles.